The van der Waals surface area contributed by atoms with E-state index in [0.717, 1.165) is 0 Å². The van der Waals surface area contributed by atoms with Crippen molar-refractivity contribution in [1.29, 1.82) is 0 Å². The molecule has 0 unspecified atom stereocenters. The van der Waals surface area contributed by atoms with Crippen LogP contribution in [0.15, 0.2) is 0 Å². The molecule has 0 aromatic rings. The van der Waals surface area contributed by atoms with Crippen LogP contribution in [0.3, 0.4) is 0 Å². The zero-order valence-corrected chi connectivity index (χ0v) is 9.96. The Morgan fingerprint density at radius 3 is 2.75 bits per heavy atom. The molecular formula is C12H18N2O2. The fourth-order valence-electron chi connectivity index (χ4n) is 1.98. The molecule has 0 spiro atoms. The van der Waals surface area contributed by atoms with Crippen molar-refractivity contribution in [3.63, 3.8) is 0 Å². The van der Waals surface area contributed by atoms with E-state index in [0.29, 0.717) is 6.54 Å². The third-order valence-corrected chi connectivity index (χ3v) is 2.94. The maximum absolute atomic E-state index is 11.8. The van der Waals surface area contributed by atoms with E-state index in [1.54, 1.807) is 0 Å². The minimum atomic E-state index is -0.617. The standard InChI is InChI=1S/C12H18N2O2/c1-5-6-13-10(15)9-8(12(2,3)4)7-14-11(9)16/h1,8-9H,6-7H2,2-4H3,(H,13,15)(H,14,16)/t8-,9+/m0/s1. The van der Waals surface area contributed by atoms with Crippen LogP contribution < -0.4 is 10.6 Å². The van der Waals surface area contributed by atoms with Crippen molar-refractivity contribution in [2.45, 2.75) is 20.8 Å². The quantitative estimate of drug-likeness (QED) is 0.516. The summed E-state index contributed by atoms with van der Waals surface area (Å²) in [5.41, 5.74) is -0.0860. The molecule has 1 aliphatic heterocycles. The first-order valence-electron chi connectivity index (χ1n) is 5.37. The molecule has 1 fully saturated rings. The van der Waals surface area contributed by atoms with Gasteiger partial charge in [-0.05, 0) is 5.41 Å². The van der Waals surface area contributed by atoms with Gasteiger partial charge in [-0.2, -0.15) is 0 Å². The van der Waals surface area contributed by atoms with Gasteiger partial charge in [-0.25, -0.2) is 0 Å². The van der Waals surface area contributed by atoms with E-state index in [4.69, 9.17) is 6.42 Å². The second-order valence-corrected chi connectivity index (χ2v) is 5.12. The lowest BCUT2D eigenvalue weighted by atomic mass is 9.74. The Morgan fingerprint density at radius 2 is 2.25 bits per heavy atom. The second-order valence-electron chi connectivity index (χ2n) is 5.12. The van der Waals surface area contributed by atoms with Crippen molar-refractivity contribution >= 4 is 11.8 Å². The average molecular weight is 222 g/mol. The van der Waals surface area contributed by atoms with E-state index in [2.05, 4.69) is 16.6 Å². The highest BCUT2D eigenvalue weighted by Crippen LogP contribution is 2.35. The van der Waals surface area contributed by atoms with Crippen molar-refractivity contribution in [3.8, 4) is 12.3 Å². The van der Waals surface area contributed by atoms with Crippen molar-refractivity contribution in [2.24, 2.45) is 17.3 Å². The molecule has 1 aliphatic rings. The van der Waals surface area contributed by atoms with Crippen molar-refractivity contribution in [1.82, 2.24) is 10.6 Å². The predicted molar refractivity (Wildman–Crippen MR) is 61.3 cm³/mol. The third-order valence-electron chi connectivity index (χ3n) is 2.94. The van der Waals surface area contributed by atoms with Crippen molar-refractivity contribution < 1.29 is 9.59 Å². The minimum absolute atomic E-state index is 0.0118. The summed E-state index contributed by atoms with van der Waals surface area (Å²) in [4.78, 5) is 23.4. The first kappa shape index (κ1) is 12.6. The molecule has 0 aromatic carbocycles. The molecule has 1 saturated heterocycles. The molecule has 88 valence electrons. The number of carbonyl (C=O) groups excluding carboxylic acids is 2. The van der Waals surface area contributed by atoms with Crippen LogP contribution in [0.2, 0.25) is 0 Å². The van der Waals surface area contributed by atoms with Crippen LogP contribution in [0.5, 0.6) is 0 Å². The summed E-state index contributed by atoms with van der Waals surface area (Å²) in [5, 5.41) is 5.30. The molecule has 1 rings (SSSR count). The van der Waals surface area contributed by atoms with Gasteiger partial charge in [0.15, 0.2) is 0 Å². The summed E-state index contributed by atoms with van der Waals surface area (Å²) in [6, 6.07) is 0. The van der Waals surface area contributed by atoms with Gasteiger partial charge >= 0.3 is 0 Å². The van der Waals surface area contributed by atoms with Gasteiger partial charge in [0.25, 0.3) is 0 Å². The zero-order chi connectivity index (χ0) is 12.3. The van der Waals surface area contributed by atoms with Crippen molar-refractivity contribution in [3.05, 3.63) is 0 Å². The number of hydrogen-bond donors (Lipinski definition) is 2. The van der Waals surface area contributed by atoms with Gasteiger partial charge in [-0.15, -0.1) is 6.42 Å². The van der Waals surface area contributed by atoms with Crippen LogP contribution in [0.25, 0.3) is 0 Å². The fourth-order valence-corrected chi connectivity index (χ4v) is 1.98. The Morgan fingerprint density at radius 1 is 1.62 bits per heavy atom. The molecule has 16 heavy (non-hydrogen) atoms. The van der Waals surface area contributed by atoms with E-state index >= 15 is 0 Å². The van der Waals surface area contributed by atoms with Crippen LogP contribution in [-0.4, -0.2) is 24.9 Å². The molecule has 0 radical (unpaired) electrons. The molecule has 1 heterocycles. The first-order chi connectivity index (χ1) is 7.38. The lowest BCUT2D eigenvalue weighted by Crippen LogP contribution is -2.41. The lowest BCUT2D eigenvalue weighted by Gasteiger charge is -2.29. The third kappa shape index (κ3) is 2.54. The molecule has 4 heteroatoms. The second kappa shape index (κ2) is 4.56. The molecular weight excluding hydrogens is 204 g/mol. The van der Waals surface area contributed by atoms with Crippen LogP contribution >= 0.6 is 0 Å². The lowest BCUT2D eigenvalue weighted by molar-refractivity contribution is -0.135. The highest BCUT2D eigenvalue weighted by Gasteiger charge is 2.45. The van der Waals surface area contributed by atoms with Gasteiger partial charge in [0.1, 0.15) is 5.92 Å². The number of rotatable bonds is 2. The topological polar surface area (TPSA) is 58.2 Å². The van der Waals surface area contributed by atoms with Gasteiger partial charge in [0.2, 0.25) is 11.8 Å². The fraction of sp³-hybridized carbons (Fsp3) is 0.667. The summed E-state index contributed by atoms with van der Waals surface area (Å²) >= 11 is 0. The van der Waals surface area contributed by atoms with E-state index in [-0.39, 0.29) is 29.7 Å². The predicted octanol–water partition coefficient (Wildman–Crippen LogP) is 0.144. The zero-order valence-electron chi connectivity index (χ0n) is 9.96. The van der Waals surface area contributed by atoms with Gasteiger partial charge in [0.05, 0.1) is 6.54 Å². The van der Waals surface area contributed by atoms with E-state index in [1.807, 2.05) is 20.8 Å². The summed E-state index contributed by atoms with van der Waals surface area (Å²) in [7, 11) is 0. The maximum Gasteiger partial charge on any atom is 0.233 e. The molecule has 0 bridgehead atoms. The summed E-state index contributed by atoms with van der Waals surface area (Å²) in [6.45, 7) is 6.80. The number of carbonyl (C=O) groups is 2. The van der Waals surface area contributed by atoms with Gasteiger partial charge in [-0.1, -0.05) is 26.7 Å². The maximum atomic E-state index is 11.8. The largest absolute Gasteiger partial charge is 0.355 e. The minimum Gasteiger partial charge on any atom is -0.355 e. The number of hydrogen-bond acceptors (Lipinski definition) is 2. The molecule has 0 aliphatic carbocycles. The Bertz CT molecular complexity index is 336. The number of amides is 2. The van der Waals surface area contributed by atoms with Gasteiger partial charge < -0.3 is 10.6 Å². The molecule has 0 aromatic heterocycles. The Labute approximate surface area is 96.2 Å². The molecule has 2 amide bonds. The highest BCUT2D eigenvalue weighted by molar-refractivity contribution is 6.02. The van der Waals surface area contributed by atoms with Gasteiger partial charge in [0, 0.05) is 12.5 Å². The number of nitrogens with one attached hydrogen (secondary N) is 2. The Hall–Kier alpha value is -1.50. The molecule has 2 atom stereocenters. The van der Waals surface area contributed by atoms with Crippen molar-refractivity contribution in [2.75, 3.05) is 13.1 Å². The SMILES string of the molecule is C#CCNC(=O)[C@@H]1C(=O)NC[C@@H]1C(C)(C)C. The van der Waals surface area contributed by atoms with E-state index < -0.39 is 5.92 Å². The smallest absolute Gasteiger partial charge is 0.233 e. The van der Waals surface area contributed by atoms with E-state index in [1.165, 1.54) is 0 Å². The van der Waals surface area contributed by atoms with Crippen LogP contribution in [0, 0.1) is 29.6 Å². The molecule has 4 nitrogen and oxygen atoms in total. The van der Waals surface area contributed by atoms with E-state index in [9.17, 15) is 9.59 Å². The van der Waals surface area contributed by atoms with Crippen LogP contribution in [-0.2, 0) is 9.59 Å². The molecule has 0 saturated carbocycles. The van der Waals surface area contributed by atoms with Crippen LogP contribution in [0.4, 0.5) is 0 Å². The summed E-state index contributed by atoms with van der Waals surface area (Å²) in [6.07, 6.45) is 5.07. The Kier molecular flexibility index (Phi) is 3.58. The summed E-state index contributed by atoms with van der Waals surface area (Å²) < 4.78 is 0. The highest BCUT2D eigenvalue weighted by atomic mass is 16.2. The monoisotopic (exact) mass is 222 g/mol. The Balaban J connectivity index is 2.79. The van der Waals surface area contributed by atoms with Gasteiger partial charge in [-0.3, -0.25) is 9.59 Å². The summed E-state index contributed by atoms with van der Waals surface area (Å²) in [5.74, 6) is 1.25. The first-order valence-corrected chi connectivity index (χ1v) is 5.37. The normalized spacial score (nSPS) is 24.8. The molecule has 2 N–H and O–H groups in total. The number of terminal acetylenes is 1. The average Bonchev–Trinajstić information content (AvgIpc) is 2.56. The van der Waals surface area contributed by atoms with Crippen LogP contribution in [0.1, 0.15) is 20.8 Å².